The molecule has 0 atom stereocenters. The van der Waals surface area contributed by atoms with Crippen molar-refractivity contribution in [1.29, 1.82) is 0 Å². The Labute approximate surface area is 192 Å². The number of benzene rings is 5. The van der Waals surface area contributed by atoms with E-state index >= 15 is 0 Å². The second kappa shape index (κ2) is 7.04. The van der Waals surface area contributed by atoms with Gasteiger partial charge in [-0.2, -0.15) is 0 Å². The summed E-state index contributed by atoms with van der Waals surface area (Å²) in [6.07, 6.45) is 1.98. The summed E-state index contributed by atoms with van der Waals surface area (Å²) < 4.78 is 0. The molecule has 0 saturated carbocycles. The van der Waals surface area contributed by atoms with Gasteiger partial charge >= 0.3 is 0 Å². The van der Waals surface area contributed by atoms with E-state index in [2.05, 4.69) is 114 Å². The number of nitrogens with zero attached hydrogens (tertiary/aromatic N) is 2. The monoisotopic (exact) mass is 420 g/mol. The van der Waals surface area contributed by atoms with Gasteiger partial charge in [-0.25, -0.2) is 0 Å². The van der Waals surface area contributed by atoms with Gasteiger partial charge in [-0.1, -0.05) is 84.9 Å². The maximum absolute atomic E-state index is 4.77. The summed E-state index contributed by atoms with van der Waals surface area (Å²) in [5, 5.41) is 3.71. The zero-order valence-corrected chi connectivity index (χ0v) is 17.9. The molecule has 1 aromatic heterocycles. The van der Waals surface area contributed by atoms with Crippen molar-refractivity contribution in [3.05, 3.63) is 121 Å². The van der Waals surface area contributed by atoms with Crippen LogP contribution in [0.3, 0.4) is 0 Å². The summed E-state index contributed by atoms with van der Waals surface area (Å²) in [5.74, 6) is 0. The second-order valence-electron chi connectivity index (χ2n) is 8.46. The van der Waals surface area contributed by atoms with Gasteiger partial charge in [0, 0.05) is 16.5 Å². The van der Waals surface area contributed by atoms with Crippen molar-refractivity contribution >= 4 is 38.7 Å². The Morgan fingerprint density at radius 1 is 0.515 bits per heavy atom. The Morgan fingerprint density at radius 2 is 1.21 bits per heavy atom. The smallest absolute Gasteiger partial charge is 0.0703 e. The van der Waals surface area contributed by atoms with Gasteiger partial charge in [0.15, 0.2) is 0 Å². The summed E-state index contributed by atoms with van der Waals surface area (Å²) in [7, 11) is 0. The van der Waals surface area contributed by atoms with Gasteiger partial charge in [0.1, 0.15) is 0 Å². The van der Waals surface area contributed by atoms with Gasteiger partial charge < -0.3 is 4.90 Å². The van der Waals surface area contributed by atoms with Gasteiger partial charge in [0.2, 0.25) is 0 Å². The molecule has 1 aliphatic rings. The summed E-state index contributed by atoms with van der Waals surface area (Å²) in [5.41, 5.74) is 9.58. The van der Waals surface area contributed by atoms with E-state index in [-0.39, 0.29) is 0 Å². The zero-order chi connectivity index (χ0) is 21.8. The summed E-state index contributed by atoms with van der Waals surface area (Å²) >= 11 is 0. The van der Waals surface area contributed by atoms with E-state index in [1.54, 1.807) is 0 Å². The Bertz CT molecular complexity index is 1640. The Kier molecular flexibility index (Phi) is 3.88. The molecule has 0 bridgehead atoms. The molecule has 0 spiro atoms. The summed E-state index contributed by atoms with van der Waals surface area (Å²) in [6.45, 7) is 0. The molecule has 0 radical (unpaired) electrons. The first-order valence-electron chi connectivity index (χ1n) is 11.2. The molecule has 33 heavy (non-hydrogen) atoms. The third kappa shape index (κ3) is 2.71. The van der Waals surface area contributed by atoms with Crippen LogP contribution in [0.1, 0.15) is 0 Å². The number of hydrogen-bond donors (Lipinski definition) is 0. The van der Waals surface area contributed by atoms with Crippen molar-refractivity contribution in [3.63, 3.8) is 0 Å². The molecule has 0 saturated heterocycles. The normalized spacial score (nSPS) is 11.6. The topological polar surface area (TPSA) is 16.1 Å². The molecule has 154 valence electrons. The Balaban J connectivity index is 1.52. The van der Waals surface area contributed by atoms with Crippen LogP contribution in [0, 0.1) is 0 Å². The van der Waals surface area contributed by atoms with Gasteiger partial charge in [-0.05, 0) is 58.0 Å². The maximum Gasteiger partial charge on any atom is 0.0703 e. The van der Waals surface area contributed by atoms with Gasteiger partial charge in [0.25, 0.3) is 0 Å². The van der Waals surface area contributed by atoms with E-state index in [9.17, 15) is 0 Å². The predicted octanol–water partition coefficient (Wildman–Crippen LogP) is 8.51. The molecule has 0 fully saturated rings. The minimum Gasteiger partial charge on any atom is -0.308 e. The lowest BCUT2D eigenvalue weighted by Gasteiger charge is -2.27. The second-order valence-corrected chi connectivity index (χ2v) is 8.46. The fraction of sp³-hybridized carbons (Fsp3) is 0. The molecule has 2 heteroatoms. The number of pyridine rings is 1. The lowest BCUT2D eigenvalue weighted by Crippen LogP contribution is -2.10. The average molecular weight is 421 g/mol. The molecule has 1 aliphatic carbocycles. The lowest BCUT2D eigenvalue weighted by atomic mass is 10.00. The van der Waals surface area contributed by atoms with Crippen molar-refractivity contribution in [2.24, 2.45) is 0 Å². The third-order valence-corrected chi connectivity index (χ3v) is 6.61. The first-order chi connectivity index (χ1) is 16.4. The maximum atomic E-state index is 4.77. The van der Waals surface area contributed by atoms with Crippen molar-refractivity contribution < 1.29 is 0 Å². The van der Waals surface area contributed by atoms with Crippen LogP contribution in [0.15, 0.2) is 121 Å². The number of hydrogen-bond acceptors (Lipinski definition) is 2. The van der Waals surface area contributed by atoms with Crippen LogP contribution < -0.4 is 4.90 Å². The van der Waals surface area contributed by atoms with E-state index < -0.39 is 0 Å². The molecular weight excluding hydrogens is 400 g/mol. The van der Waals surface area contributed by atoms with Crippen molar-refractivity contribution in [2.75, 3.05) is 4.90 Å². The molecule has 7 rings (SSSR count). The van der Waals surface area contributed by atoms with E-state index in [1.807, 2.05) is 12.3 Å². The summed E-state index contributed by atoms with van der Waals surface area (Å²) in [4.78, 5) is 7.10. The number of rotatable bonds is 3. The molecule has 5 aromatic carbocycles. The molecule has 0 unspecified atom stereocenters. The number of aromatic nitrogens is 1. The highest BCUT2D eigenvalue weighted by atomic mass is 15.1. The molecule has 0 amide bonds. The van der Waals surface area contributed by atoms with Crippen LogP contribution in [-0.2, 0) is 0 Å². The highest BCUT2D eigenvalue weighted by molar-refractivity contribution is 6.19. The minimum absolute atomic E-state index is 1.00. The first-order valence-corrected chi connectivity index (χ1v) is 11.2. The molecule has 0 N–H and O–H groups in total. The number of fused-ring (bicyclic) bond motifs is 4. The fourth-order valence-electron chi connectivity index (χ4n) is 5.17. The molecule has 2 nitrogen and oxygen atoms in total. The first kappa shape index (κ1) is 18.2. The van der Waals surface area contributed by atoms with Crippen LogP contribution in [0.5, 0.6) is 0 Å². The molecule has 0 aliphatic heterocycles. The minimum atomic E-state index is 1.00. The lowest BCUT2D eigenvalue weighted by molar-refractivity contribution is 1.27. The highest BCUT2D eigenvalue weighted by Gasteiger charge is 2.24. The van der Waals surface area contributed by atoms with E-state index in [0.29, 0.717) is 0 Å². The standard InChI is InChI=1S/C31H20N2/c1-2-10-22(11-3-1)33(23-19-21-9-4-7-16-29(21)32-20-23)30-18-17-27-25-13-6-5-12-24(25)26-14-8-15-28(30)31(26)27/h1-20H. The van der Waals surface area contributed by atoms with E-state index in [4.69, 9.17) is 4.98 Å². The van der Waals surface area contributed by atoms with Crippen LogP contribution in [0.2, 0.25) is 0 Å². The fourth-order valence-corrected chi connectivity index (χ4v) is 5.17. The molecule has 1 heterocycles. The Hall–Kier alpha value is -4.43. The van der Waals surface area contributed by atoms with E-state index in [0.717, 1.165) is 28.0 Å². The average Bonchev–Trinajstić information content (AvgIpc) is 3.21. The summed E-state index contributed by atoms with van der Waals surface area (Å²) in [6, 6.07) is 41.0. The van der Waals surface area contributed by atoms with Crippen LogP contribution in [0.4, 0.5) is 17.1 Å². The van der Waals surface area contributed by atoms with Crippen LogP contribution >= 0.6 is 0 Å². The van der Waals surface area contributed by atoms with Crippen molar-refractivity contribution in [1.82, 2.24) is 4.98 Å². The third-order valence-electron chi connectivity index (χ3n) is 6.61. The van der Waals surface area contributed by atoms with Crippen molar-refractivity contribution in [3.8, 4) is 22.3 Å². The molecule has 6 aromatic rings. The molecular formula is C31H20N2. The van der Waals surface area contributed by atoms with Gasteiger partial charge in [-0.15, -0.1) is 0 Å². The number of para-hydroxylation sites is 2. The zero-order valence-electron chi connectivity index (χ0n) is 17.9. The van der Waals surface area contributed by atoms with Gasteiger partial charge in [-0.3, -0.25) is 4.98 Å². The largest absolute Gasteiger partial charge is 0.308 e. The quantitative estimate of drug-likeness (QED) is 0.285. The Morgan fingerprint density at radius 3 is 2.06 bits per heavy atom. The number of anilines is 3. The SMILES string of the molecule is c1ccc(N(c2cnc3ccccc3c2)c2ccc3c4c(cccc24)-c2ccccc2-3)cc1. The predicted molar refractivity (Wildman–Crippen MR) is 138 cm³/mol. The van der Waals surface area contributed by atoms with Crippen LogP contribution in [0.25, 0.3) is 43.9 Å². The van der Waals surface area contributed by atoms with Crippen LogP contribution in [-0.4, -0.2) is 4.98 Å². The highest BCUT2D eigenvalue weighted by Crippen LogP contribution is 2.50. The van der Waals surface area contributed by atoms with Crippen molar-refractivity contribution in [2.45, 2.75) is 0 Å². The van der Waals surface area contributed by atoms with Gasteiger partial charge in [0.05, 0.1) is 23.1 Å². The van der Waals surface area contributed by atoms with E-state index in [1.165, 1.54) is 33.0 Å².